The van der Waals surface area contributed by atoms with Crippen molar-refractivity contribution in [2.75, 3.05) is 0 Å². The van der Waals surface area contributed by atoms with E-state index in [0.29, 0.717) is 0 Å². The van der Waals surface area contributed by atoms with Crippen molar-refractivity contribution in [2.45, 2.75) is 58.8 Å². The van der Waals surface area contributed by atoms with E-state index in [-0.39, 0.29) is 5.97 Å². The molecule has 0 amide bonds. The number of unbranched alkanes of at least 4 members (excludes halogenated alkanes) is 2. The van der Waals surface area contributed by atoms with Crippen LogP contribution in [0.5, 0.6) is 0 Å². The number of allylic oxidation sites excluding steroid dienone is 4. The zero-order valence-electron chi connectivity index (χ0n) is 13.2. The first-order valence-corrected chi connectivity index (χ1v) is 7.41. The van der Waals surface area contributed by atoms with Crippen LogP contribution in [0.3, 0.4) is 0 Å². The molecule has 0 radical (unpaired) electrons. The van der Waals surface area contributed by atoms with E-state index in [1.807, 2.05) is 18.2 Å². The molecule has 0 saturated carbocycles. The molecule has 0 N–H and O–H groups in total. The van der Waals surface area contributed by atoms with Gasteiger partial charge in [-0.2, -0.15) is 0 Å². The van der Waals surface area contributed by atoms with Crippen LogP contribution in [0.2, 0.25) is 0 Å². The number of esters is 1. The number of ether oxygens (including phenoxy) is 1. The first kappa shape index (κ1) is 20.7. The van der Waals surface area contributed by atoms with Crippen molar-refractivity contribution in [3.8, 4) is 0 Å². The molecule has 0 aromatic carbocycles. The summed E-state index contributed by atoms with van der Waals surface area (Å²) in [5.74, 6) is 0.443. The second-order valence-corrected chi connectivity index (χ2v) is 4.34. The third kappa shape index (κ3) is 16.4. The van der Waals surface area contributed by atoms with Crippen LogP contribution in [-0.4, -0.2) is 5.97 Å². The SMILES string of the molecule is C=CC(=O)OC1=CCCC1.C=CCCC.C=CCCC. The molecule has 1 aliphatic carbocycles. The lowest BCUT2D eigenvalue weighted by molar-refractivity contribution is -0.133. The molecule has 1 rings (SSSR count). The van der Waals surface area contributed by atoms with Crippen LogP contribution in [0.15, 0.2) is 49.8 Å². The van der Waals surface area contributed by atoms with Crippen LogP contribution in [0.1, 0.15) is 58.8 Å². The maximum absolute atomic E-state index is 10.6. The maximum Gasteiger partial charge on any atom is 0.335 e. The quantitative estimate of drug-likeness (QED) is 0.352. The van der Waals surface area contributed by atoms with Crippen LogP contribution < -0.4 is 0 Å². The van der Waals surface area contributed by atoms with Crippen LogP contribution in [0, 0.1) is 0 Å². The molecule has 0 aromatic heterocycles. The summed E-state index contributed by atoms with van der Waals surface area (Å²) in [6.45, 7) is 14.7. The first-order valence-electron chi connectivity index (χ1n) is 7.41. The minimum atomic E-state index is -0.354. The summed E-state index contributed by atoms with van der Waals surface area (Å²) in [4.78, 5) is 10.6. The summed E-state index contributed by atoms with van der Waals surface area (Å²) in [6, 6.07) is 0. The van der Waals surface area contributed by atoms with Crippen molar-refractivity contribution in [1.29, 1.82) is 0 Å². The lowest BCUT2D eigenvalue weighted by atomic mass is 10.3. The Kier molecular flexibility index (Phi) is 18.1. The molecule has 0 bridgehead atoms. The first-order chi connectivity index (χ1) is 9.65. The van der Waals surface area contributed by atoms with Crippen LogP contribution >= 0.6 is 0 Å². The lowest BCUT2D eigenvalue weighted by Gasteiger charge is -1.98. The zero-order chi connectivity index (χ0) is 15.6. The van der Waals surface area contributed by atoms with Gasteiger partial charge in [-0.3, -0.25) is 0 Å². The van der Waals surface area contributed by atoms with E-state index in [9.17, 15) is 4.79 Å². The summed E-state index contributed by atoms with van der Waals surface area (Å²) in [5, 5.41) is 0. The van der Waals surface area contributed by atoms with Gasteiger partial charge in [0.1, 0.15) is 5.76 Å². The van der Waals surface area contributed by atoms with Gasteiger partial charge in [0.05, 0.1) is 0 Å². The van der Waals surface area contributed by atoms with Gasteiger partial charge in [0.2, 0.25) is 0 Å². The summed E-state index contributed by atoms with van der Waals surface area (Å²) in [7, 11) is 0. The van der Waals surface area contributed by atoms with Gasteiger partial charge in [-0.05, 0) is 31.8 Å². The maximum atomic E-state index is 10.6. The van der Waals surface area contributed by atoms with Crippen molar-refractivity contribution < 1.29 is 9.53 Å². The molecule has 0 spiro atoms. The van der Waals surface area contributed by atoms with Gasteiger partial charge in [0, 0.05) is 12.5 Å². The van der Waals surface area contributed by atoms with Crippen molar-refractivity contribution in [3.63, 3.8) is 0 Å². The van der Waals surface area contributed by atoms with Gasteiger partial charge in [0.15, 0.2) is 0 Å². The molecule has 0 heterocycles. The number of hydrogen-bond acceptors (Lipinski definition) is 2. The van der Waals surface area contributed by atoms with E-state index in [4.69, 9.17) is 4.74 Å². The average Bonchev–Trinajstić information content (AvgIpc) is 2.95. The summed E-state index contributed by atoms with van der Waals surface area (Å²) in [6.07, 6.45) is 14.8. The molecule has 0 aliphatic heterocycles. The molecule has 0 aromatic rings. The van der Waals surface area contributed by atoms with Gasteiger partial charge in [0.25, 0.3) is 0 Å². The molecular weight excluding hydrogens is 248 g/mol. The molecule has 0 saturated heterocycles. The normalized spacial score (nSPS) is 11.8. The Morgan fingerprint density at radius 3 is 2.00 bits per heavy atom. The number of rotatable bonds is 6. The largest absolute Gasteiger partial charge is 0.428 e. The Labute approximate surface area is 124 Å². The fourth-order valence-corrected chi connectivity index (χ4v) is 1.31. The lowest BCUT2D eigenvalue weighted by Crippen LogP contribution is -1.97. The minimum absolute atomic E-state index is 0.354. The Balaban J connectivity index is 0. The van der Waals surface area contributed by atoms with E-state index in [1.165, 1.54) is 18.9 Å². The number of hydrogen-bond donors (Lipinski definition) is 0. The Hall–Kier alpha value is -1.57. The zero-order valence-corrected chi connectivity index (χ0v) is 13.2. The molecular formula is C18H30O2. The molecule has 20 heavy (non-hydrogen) atoms. The predicted octanol–water partition coefficient (Wildman–Crippen LogP) is 5.73. The van der Waals surface area contributed by atoms with E-state index < -0.39 is 0 Å². The topological polar surface area (TPSA) is 26.3 Å². The van der Waals surface area contributed by atoms with Crippen molar-refractivity contribution >= 4 is 5.97 Å². The van der Waals surface area contributed by atoms with Gasteiger partial charge in [-0.1, -0.05) is 45.4 Å². The van der Waals surface area contributed by atoms with E-state index in [1.54, 1.807) is 0 Å². The van der Waals surface area contributed by atoms with E-state index >= 15 is 0 Å². The third-order valence-electron chi connectivity index (χ3n) is 2.38. The molecule has 1 aliphatic rings. The Bertz CT molecular complexity index is 291. The second kappa shape index (κ2) is 17.4. The second-order valence-electron chi connectivity index (χ2n) is 4.34. The highest BCUT2D eigenvalue weighted by atomic mass is 16.5. The van der Waals surface area contributed by atoms with Gasteiger partial charge < -0.3 is 4.74 Å². The fourth-order valence-electron chi connectivity index (χ4n) is 1.31. The molecule has 0 atom stereocenters. The standard InChI is InChI=1S/C8H10O2.2C5H10/c1-2-8(9)10-7-5-3-4-6-7;2*1-3-5-4-2/h2,5H,1,3-4,6H2;2*3H,1,4-5H2,2H3. The third-order valence-corrected chi connectivity index (χ3v) is 2.38. The molecule has 0 unspecified atom stereocenters. The molecule has 2 heteroatoms. The molecule has 114 valence electrons. The average molecular weight is 278 g/mol. The minimum Gasteiger partial charge on any atom is -0.428 e. The Morgan fingerprint density at radius 1 is 1.20 bits per heavy atom. The number of carbonyl (C=O) groups is 1. The Morgan fingerprint density at radius 2 is 1.75 bits per heavy atom. The highest BCUT2D eigenvalue weighted by molar-refractivity contribution is 5.82. The summed E-state index contributed by atoms with van der Waals surface area (Å²) < 4.78 is 4.86. The highest BCUT2D eigenvalue weighted by Gasteiger charge is 2.07. The predicted molar refractivity (Wildman–Crippen MR) is 88.4 cm³/mol. The summed E-state index contributed by atoms with van der Waals surface area (Å²) in [5.41, 5.74) is 0. The van der Waals surface area contributed by atoms with Crippen molar-refractivity contribution in [2.24, 2.45) is 0 Å². The van der Waals surface area contributed by atoms with Crippen molar-refractivity contribution in [3.05, 3.63) is 49.8 Å². The highest BCUT2D eigenvalue weighted by Crippen LogP contribution is 2.18. The smallest absolute Gasteiger partial charge is 0.335 e. The molecule has 0 fully saturated rings. The fraction of sp³-hybridized carbons (Fsp3) is 0.500. The monoisotopic (exact) mass is 278 g/mol. The van der Waals surface area contributed by atoms with Crippen LogP contribution in [0.25, 0.3) is 0 Å². The van der Waals surface area contributed by atoms with Gasteiger partial charge in [-0.25, -0.2) is 4.79 Å². The summed E-state index contributed by atoms with van der Waals surface area (Å²) >= 11 is 0. The van der Waals surface area contributed by atoms with Crippen LogP contribution in [-0.2, 0) is 9.53 Å². The molecule has 2 nitrogen and oxygen atoms in total. The van der Waals surface area contributed by atoms with Gasteiger partial charge >= 0.3 is 5.97 Å². The van der Waals surface area contributed by atoms with E-state index in [0.717, 1.165) is 37.9 Å². The van der Waals surface area contributed by atoms with E-state index in [2.05, 4.69) is 33.6 Å². The van der Waals surface area contributed by atoms with Crippen LogP contribution in [0.4, 0.5) is 0 Å². The van der Waals surface area contributed by atoms with Gasteiger partial charge in [-0.15, -0.1) is 13.2 Å². The van der Waals surface area contributed by atoms with Crippen molar-refractivity contribution in [1.82, 2.24) is 0 Å². The number of carbonyl (C=O) groups excluding carboxylic acids is 1.